The highest BCUT2D eigenvalue weighted by molar-refractivity contribution is 6.06. The highest BCUT2D eigenvalue weighted by Crippen LogP contribution is 2.16. The molecule has 0 aliphatic rings. The van der Waals surface area contributed by atoms with Crippen molar-refractivity contribution in [2.24, 2.45) is 0 Å². The van der Waals surface area contributed by atoms with E-state index in [1.807, 2.05) is 31.2 Å². The molecule has 1 aromatic heterocycles. The van der Waals surface area contributed by atoms with Crippen molar-refractivity contribution in [3.8, 4) is 0 Å². The molecule has 1 heterocycles. The molecule has 2 rings (SSSR count). The molecule has 0 spiro atoms. The maximum absolute atomic E-state index is 12.1. The summed E-state index contributed by atoms with van der Waals surface area (Å²) < 4.78 is 0. The van der Waals surface area contributed by atoms with Crippen LogP contribution in [0.25, 0.3) is 10.8 Å². The van der Waals surface area contributed by atoms with E-state index in [-0.39, 0.29) is 18.6 Å². The molecule has 2 aromatic rings. The Morgan fingerprint density at radius 2 is 2.17 bits per heavy atom. The predicted molar refractivity (Wildman–Crippen MR) is 70.4 cm³/mol. The van der Waals surface area contributed by atoms with Gasteiger partial charge in [0.2, 0.25) is 0 Å². The quantitative estimate of drug-likeness (QED) is 0.861. The molecule has 4 nitrogen and oxygen atoms in total. The lowest BCUT2D eigenvalue weighted by Crippen LogP contribution is -2.37. The van der Waals surface area contributed by atoms with Crippen LogP contribution in [0.2, 0.25) is 0 Å². The summed E-state index contributed by atoms with van der Waals surface area (Å²) >= 11 is 0. The van der Waals surface area contributed by atoms with Crippen LogP contribution in [0.5, 0.6) is 0 Å². The largest absolute Gasteiger partial charge is 0.394 e. The highest BCUT2D eigenvalue weighted by atomic mass is 16.3. The van der Waals surface area contributed by atoms with Crippen LogP contribution in [0, 0.1) is 0 Å². The van der Waals surface area contributed by atoms with Gasteiger partial charge in [0, 0.05) is 17.8 Å². The normalized spacial score (nSPS) is 12.3. The van der Waals surface area contributed by atoms with Crippen LogP contribution in [0.15, 0.2) is 36.7 Å². The summed E-state index contributed by atoms with van der Waals surface area (Å²) in [6.45, 7) is 1.86. The van der Waals surface area contributed by atoms with Gasteiger partial charge in [-0.25, -0.2) is 0 Å². The summed E-state index contributed by atoms with van der Waals surface area (Å²) in [4.78, 5) is 16.2. The number of hydrogen-bond donors (Lipinski definition) is 2. The van der Waals surface area contributed by atoms with Crippen molar-refractivity contribution in [2.45, 2.75) is 19.4 Å². The monoisotopic (exact) mass is 244 g/mol. The molecule has 1 aromatic carbocycles. The number of aliphatic hydroxyl groups excluding tert-OH is 1. The van der Waals surface area contributed by atoms with E-state index >= 15 is 0 Å². The van der Waals surface area contributed by atoms with Crippen LogP contribution in [-0.4, -0.2) is 28.6 Å². The van der Waals surface area contributed by atoms with Crippen molar-refractivity contribution in [1.82, 2.24) is 10.3 Å². The number of nitrogens with one attached hydrogen (secondary N) is 1. The SMILES string of the molecule is CCC(CO)NC(=O)c1cncc2ccccc12. The topological polar surface area (TPSA) is 62.2 Å². The Balaban J connectivity index is 2.33. The van der Waals surface area contributed by atoms with Gasteiger partial charge in [0.05, 0.1) is 18.2 Å². The van der Waals surface area contributed by atoms with Crippen LogP contribution in [-0.2, 0) is 0 Å². The van der Waals surface area contributed by atoms with E-state index in [1.165, 1.54) is 0 Å². The summed E-state index contributed by atoms with van der Waals surface area (Å²) in [5.74, 6) is -0.194. The summed E-state index contributed by atoms with van der Waals surface area (Å²) in [6, 6.07) is 7.40. The van der Waals surface area contributed by atoms with E-state index < -0.39 is 0 Å². The number of carbonyl (C=O) groups is 1. The maximum Gasteiger partial charge on any atom is 0.253 e. The van der Waals surface area contributed by atoms with Gasteiger partial charge < -0.3 is 10.4 Å². The van der Waals surface area contributed by atoms with E-state index in [9.17, 15) is 4.79 Å². The highest BCUT2D eigenvalue weighted by Gasteiger charge is 2.13. The standard InChI is InChI=1S/C14H16N2O2/c1-2-11(9-17)16-14(18)13-8-15-7-10-5-3-4-6-12(10)13/h3-8,11,17H,2,9H2,1H3,(H,16,18). The fourth-order valence-corrected chi connectivity index (χ4v) is 1.84. The molecule has 2 N–H and O–H groups in total. The van der Waals surface area contributed by atoms with Gasteiger partial charge in [-0.1, -0.05) is 31.2 Å². The average molecular weight is 244 g/mol. The van der Waals surface area contributed by atoms with Gasteiger partial charge in [0.25, 0.3) is 5.91 Å². The van der Waals surface area contributed by atoms with Crippen LogP contribution < -0.4 is 5.32 Å². The molecule has 1 unspecified atom stereocenters. The van der Waals surface area contributed by atoms with Gasteiger partial charge in [0.15, 0.2) is 0 Å². The third-order valence-electron chi connectivity index (χ3n) is 2.96. The minimum Gasteiger partial charge on any atom is -0.394 e. The van der Waals surface area contributed by atoms with E-state index in [1.54, 1.807) is 12.4 Å². The van der Waals surface area contributed by atoms with Crippen molar-refractivity contribution < 1.29 is 9.90 Å². The number of aromatic nitrogens is 1. The number of hydrogen-bond acceptors (Lipinski definition) is 3. The molecular formula is C14H16N2O2. The van der Waals surface area contributed by atoms with Gasteiger partial charge in [-0.15, -0.1) is 0 Å². The number of rotatable bonds is 4. The van der Waals surface area contributed by atoms with Crippen LogP contribution in [0.1, 0.15) is 23.7 Å². The minimum absolute atomic E-state index is 0.0551. The number of aliphatic hydroxyl groups is 1. The number of pyridine rings is 1. The minimum atomic E-state index is -0.212. The van der Waals surface area contributed by atoms with E-state index in [0.29, 0.717) is 12.0 Å². The Kier molecular flexibility index (Phi) is 3.89. The van der Waals surface area contributed by atoms with E-state index in [0.717, 1.165) is 10.8 Å². The second-order valence-corrected chi connectivity index (χ2v) is 4.17. The van der Waals surface area contributed by atoms with Gasteiger partial charge >= 0.3 is 0 Å². The Hall–Kier alpha value is -1.94. The first-order valence-corrected chi connectivity index (χ1v) is 6.00. The molecular weight excluding hydrogens is 228 g/mol. The maximum atomic E-state index is 12.1. The zero-order valence-electron chi connectivity index (χ0n) is 10.3. The Labute approximate surface area is 106 Å². The third-order valence-corrected chi connectivity index (χ3v) is 2.96. The van der Waals surface area contributed by atoms with Gasteiger partial charge in [-0.05, 0) is 11.8 Å². The number of carbonyl (C=O) groups excluding carboxylic acids is 1. The Bertz CT molecular complexity index is 545. The zero-order chi connectivity index (χ0) is 13.0. The number of benzene rings is 1. The fourth-order valence-electron chi connectivity index (χ4n) is 1.84. The summed E-state index contributed by atoms with van der Waals surface area (Å²) in [6.07, 6.45) is 3.98. The zero-order valence-corrected chi connectivity index (χ0v) is 10.3. The number of nitrogens with zero attached hydrogens (tertiary/aromatic N) is 1. The van der Waals surface area contributed by atoms with Crippen molar-refractivity contribution in [1.29, 1.82) is 0 Å². The first-order chi connectivity index (χ1) is 8.76. The molecule has 1 amide bonds. The predicted octanol–water partition coefficient (Wildman–Crippen LogP) is 1.74. The Morgan fingerprint density at radius 1 is 1.39 bits per heavy atom. The van der Waals surface area contributed by atoms with Crippen molar-refractivity contribution >= 4 is 16.7 Å². The molecule has 94 valence electrons. The fraction of sp³-hybridized carbons (Fsp3) is 0.286. The number of fused-ring (bicyclic) bond motifs is 1. The second kappa shape index (κ2) is 5.60. The van der Waals surface area contributed by atoms with Crippen LogP contribution >= 0.6 is 0 Å². The number of amides is 1. The summed E-state index contributed by atoms with van der Waals surface area (Å²) in [7, 11) is 0. The smallest absolute Gasteiger partial charge is 0.253 e. The van der Waals surface area contributed by atoms with Crippen molar-refractivity contribution in [3.05, 3.63) is 42.2 Å². The van der Waals surface area contributed by atoms with E-state index in [4.69, 9.17) is 5.11 Å². The first kappa shape index (κ1) is 12.5. The third kappa shape index (κ3) is 2.49. The molecule has 0 bridgehead atoms. The van der Waals surface area contributed by atoms with Crippen LogP contribution in [0.3, 0.4) is 0 Å². The van der Waals surface area contributed by atoms with Crippen LogP contribution in [0.4, 0.5) is 0 Å². The van der Waals surface area contributed by atoms with Gasteiger partial charge in [0.1, 0.15) is 0 Å². The van der Waals surface area contributed by atoms with E-state index in [2.05, 4.69) is 10.3 Å². The lowest BCUT2D eigenvalue weighted by molar-refractivity contribution is 0.0916. The molecule has 0 aliphatic heterocycles. The molecule has 0 saturated carbocycles. The molecule has 0 aliphatic carbocycles. The van der Waals surface area contributed by atoms with Crippen molar-refractivity contribution in [3.63, 3.8) is 0 Å². The van der Waals surface area contributed by atoms with Gasteiger partial charge in [-0.3, -0.25) is 9.78 Å². The molecule has 18 heavy (non-hydrogen) atoms. The van der Waals surface area contributed by atoms with Gasteiger partial charge in [-0.2, -0.15) is 0 Å². The molecule has 4 heteroatoms. The average Bonchev–Trinajstić information content (AvgIpc) is 2.43. The Morgan fingerprint density at radius 3 is 2.89 bits per heavy atom. The summed E-state index contributed by atoms with van der Waals surface area (Å²) in [5.41, 5.74) is 0.542. The van der Waals surface area contributed by atoms with Crippen molar-refractivity contribution in [2.75, 3.05) is 6.61 Å². The molecule has 0 saturated heterocycles. The second-order valence-electron chi connectivity index (χ2n) is 4.17. The lowest BCUT2D eigenvalue weighted by Gasteiger charge is -2.14. The molecule has 0 radical (unpaired) electrons. The molecule has 0 fully saturated rings. The molecule has 1 atom stereocenters. The lowest BCUT2D eigenvalue weighted by atomic mass is 10.1. The first-order valence-electron chi connectivity index (χ1n) is 6.00. The summed E-state index contributed by atoms with van der Waals surface area (Å²) in [5, 5.41) is 13.7.